The Morgan fingerprint density at radius 2 is 1.60 bits per heavy atom. The summed E-state index contributed by atoms with van der Waals surface area (Å²) in [7, 11) is 0. The van der Waals surface area contributed by atoms with Gasteiger partial charge in [-0.15, -0.1) is 0 Å². The SMILES string of the molecule is O=C(CCc1ccc(F)cc1)NCc1ccc(NC(=O)C2CC2)cc1. The lowest BCUT2D eigenvalue weighted by Gasteiger charge is -2.08. The molecule has 2 aromatic carbocycles. The van der Waals surface area contributed by atoms with E-state index >= 15 is 0 Å². The van der Waals surface area contributed by atoms with Gasteiger partial charge >= 0.3 is 0 Å². The van der Waals surface area contributed by atoms with E-state index in [1.165, 1.54) is 12.1 Å². The van der Waals surface area contributed by atoms with Gasteiger partial charge in [0.25, 0.3) is 0 Å². The summed E-state index contributed by atoms with van der Waals surface area (Å²) in [5, 5.41) is 5.75. The zero-order valence-corrected chi connectivity index (χ0v) is 13.9. The third-order valence-electron chi connectivity index (χ3n) is 4.21. The van der Waals surface area contributed by atoms with Crippen molar-refractivity contribution in [2.45, 2.75) is 32.2 Å². The highest BCUT2D eigenvalue weighted by Crippen LogP contribution is 2.30. The maximum Gasteiger partial charge on any atom is 0.227 e. The van der Waals surface area contributed by atoms with Crippen LogP contribution in [0.1, 0.15) is 30.4 Å². The van der Waals surface area contributed by atoms with E-state index in [4.69, 9.17) is 0 Å². The van der Waals surface area contributed by atoms with Gasteiger partial charge in [0.1, 0.15) is 5.82 Å². The van der Waals surface area contributed by atoms with Gasteiger partial charge in [-0.25, -0.2) is 4.39 Å². The predicted octanol–water partition coefficient (Wildman–Crippen LogP) is 3.42. The molecule has 0 bridgehead atoms. The standard InChI is InChI=1S/C20H21FN2O2/c21-17-8-1-14(2-9-17)5-12-19(24)22-13-15-3-10-18(11-4-15)23-20(25)16-6-7-16/h1-4,8-11,16H,5-7,12-13H2,(H,22,24)(H,23,25). The Kier molecular flexibility index (Phi) is 5.43. The van der Waals surface area contributed by atoms with Gasteiger partial charge in [0.15, 0.2) is 0 Å². The summed E-state index contributed by atoms with van der Waals surface area (Å²) < 4.78 is 12.8. The van der Waals surface area contributed by atoms with Crippen LogP contribution in [0.15, 0.2) is 48.5 Å². The first kappa shape index (κ1) is 17.1. The molecule has 1 aliphatic carbocycles. The van der Waals surface area contributed by atoms with Crippen LogP contribution in [0.2, 0.25) is 0 Å². The van der Waals surface area contributed by atoms with Gasteiger partial charge in [-0.05, 0) is 54.7 Å². The second-order valence-electron chi connectivity index (χ2n) is 6.36. The quantitative estimate of drug-likeness (QED) is 0.811. The fourth-order valence-corrected chi connectivity index (χ4v) is 2.49. The second kappa shape index (κ2) is 7.92. The van der Waals surface area contributed by atoms with Crippen LogP contribution >= 0.6 is 0 Å². The zero-order valence-electron chi connectivity index (χ0n) is 13.9. The Hall–Kier alpha value is -2.69. The Labute approximate surface area is 146 Å². The summed E-state index contributed by atoms with van der Waals surface area (Å²) in [4.78, 5) is 23.6. The van der Waals surface area contributed by atoms with Gasteiger partial charge in [0.2, 0.25) is 11.8 Å². The Morgan fingerprint density at radius 3 is 2.24 bits per heavy atom. The number of rotatable bonds is 7. The molecule has 2 amide bonds. The van der Waals surface area contributed by atoms with Crippen LogP contribution in [-0.2, 0) is 22.6 Å². The third kappa shape index (κ3) is 5.41. The van der Waals surface area contributed by atoms with Crippen LogP contribution in [0.5, 0.6) is 0 Å². The highest BCUT2D eigenvalue weighted by atomic mass is 19.1. The van der Waals surface area contributed by atoms with E-state index in [0.29, 0.717) is 19.4 Å². The van der Waals surface area contributed by atoms with Crippen LogP contribution in [0.4, 0.5) is 10.1 Å². The van der Waals surface area contributed by atoms with E-state index < -0.39 is 0 Å². The summed E-state index contributed by atoms with van der Waals surface area (Å²) in [6.07, 6.45) is 2.90. The predicted molar refractivity (Wildman–Crippen MR) is 94.4 cm³/mol. The lowest BCUT2D eigenvalue weighted by molar-refractivity contribution is -0.121. The van der Waals surface area contributed by atoms with Crippen LogP contribution in [-0.4, -0.2) is 11.8 Å². The van der Waals surface area contributed by atoms with Crippen LogP contribution in [0.25, 0.3) is 0 Å². The molecule has 2 N–H and O–H groups in total. The molecule has 1 saturated carbocycles. The number of anilines is 1. The number of carbonyl (C=O) groups excluding carboxylic acids is 2. The van der Waals surface area contributed by atoms with Crippen LogP contribution in [0, 0.1) is 11.7 Å². The normalized spacial score (nSPS) is 13.3. The molecule has 0 aromatic heterocycles. The molecule has 3 rings (SSSR count). The zero-order chi connectivity index (χ0) is 17.6. The highest BCUT2D eigenvalue weighted by Gasteiger charge is 2.29. The molecule has 130 valence electrons. The van der Waals surface area contributed by atoms with E-state index in [1.54, 1.807) is 12.1 Å². The van der Waals surface area contributed by atoms with Crippen molar-refractivity contribution in [1.82, 2.24) is 5.32 Å². The van der Waals surface area contributed by atoms with E-state index in [2.05, 4.69) is 10.6 Å². The maximum atomic E-state index is 12.8. The van der Waals surface area contributed by atoms with Crippen molar-refractivity contribution in [2.75, 3.05) is 5.32 Å². The molecule has 4 nitrogen and oxygen atoms in total. The Bertz CT molecular complexity index is 737. The molecule has 1 aliphatic rings. The van der Waals surface area contributed by atoms with Crippen LogP contribution in [0.3, 0.4) is 0 Å². The van der Waals surface area contributed by atoms with E-state index in [-0.39, 0.29) is 23.5 Å². The molecule has 0 heterocycles. The number of halogens is 1. The Morgan fingerprint density at radius 1 is 0.960 bits per heavy atom. The first-order chi connectivity index (χ1) is 12.1. The summed E-state index contributed by atoms with van der Waals surface area (Å²) in [6, 6.07) is 13.7. The summed E-state index contributed by atoms with van der Waals surface area (Å²) in [5.41, 5.74) is 2.69. The largest absolute Gasteiger partial charge is 0.352 e. The van der Waals surface area contributed by atoms with Crippen molar-refractivity contribution < 1.29 is 14.0 Å². The average Bonchev–Trinajstić information content (AvgIpc) is 3.46. The minimum absolute atomic E-state index is 0.0459. The first-order valence-corrected chi connectivity index (χ1v) is 8.51. The first-order valence-electron chi connectivity index (χ1n) is 8.51. The summed E-state index contributed by atoms with van der Waals surface area (Å²) in [6.45, 7) is 0.444. The van der Waals surface area contributed by atoms with Gasteiger partial charge in [0.05, 0.1) is 0 Å². The molecule has 1 fully saturated rings. The van der Waals surface area contributed by atoms with Gasteiger partial charge in [-0.3, -0.25) is 9.59 Å². The fourth-order valence-electron chi connectivity index (χ4n) is 2.49. The number of hydrogen-bond acceptors (Lipinski definition) is 2. The smallest absolute Gasteiger partial charge is 0.227 e. The Balaban J connectivity index is 1.40. The van der Waals surface area contributed by atoms with Gasteiger partial charge in [0, 0.05) is 24.6 Å². The number of hydrogen-bond donors (Lipinski definition) is 2. The monoisotopic (exact) mass is 340 g/mol. The molecule has 0 unspecified atom stereocenters. The molecule has 0 atom stereocenters. The molecular formula is C20H21FN2O2. The third-order valence-corrected chi connectivity index (χ3v) is 4.21. The van der Waals surface area contributed by atoms with Crippen molar-refractivity contribution in [3.63, 3.8) is 0 Å². The van der Waals surface area contributed by atoms with Gasteiger partial charge in [-0.1, -0.05) is 24.3 Å². The average molecular weight is 340 g/mol. The maximum absolute atomic E-state index is 12.8. The molecule has 0 aliphatic heterocycles. The van der Waals surface area contributed by atoms with Crippen molar-refractivity contribution >= 4 is 17.5 Å². The number of amides is 2. The highest BCUT2D eigenvalue weighted by molar-refractivity contribution is 5.94. The van der Waals surface area contributed by atoms with Crippen molar-refractivity contribution in [2.24, 2.45) is 5.92 Å². The molecule has 25 heavy (non-hydrogen) atoms. The van der Waals surface area contributed by atoms with Crippen molar-refractivity contribution in [1.29, 1.82) is 0 Å². The molecular weight excluding hydrogens is 319 g/mol. The molecule has 0 saturated heterocycles. The van der Waals surface area contributed by atoms with Crippen molar-refractivity contribution in [3.8, 4) is 0 Å². The lowest BCUT2D eigenvalue weighted by Crippen LogP contribution is -2.23. The van der Waals surface area contributed by atoms with Crippen LogP contribution < -0.4 is 10.6 Å². The van der Waals surface area contributed by atoms with E-state index in [0.717, 1.165) is 29.7 Å². The number of carbonyl (C=O) groups is 2. The number of aryl methyl sites for hydroxylation is 1. The summed E-state index contributed by atoms with van der Waals surface area (Å²) in [5.74, 6) is -0.0534. The minimum atomic E-state index is -0.273. The number of nitrogens with one attached hydrogen (secondary N) is 2. The molecule has 5 heteroatoms. The van der Waals surface area contributed by atoms with Gasteiger partial charge < -0.3 is 10.6 Å². The van der Waals surface area contributed by atoms with Crippen molar-refractivity contribution in [3.05, 3.63) is 65.5 Å². The molecule has 0 radical (unpaired) electrons. The topological polar surface area (TPSA) is 58.2 Å². The summed E-state index contributed by atoms with van der Waals surface area (Å²) >= 11 is 0. The van der Waals surface area contributed by atoms with Gasteiger partial charge in [-0.2, -0.15) is 0 Å². The molecule has 0 spiro atoms. The van der Waals surface area contributed by atoms with E-state index in [1.807, 2.05) is 24.3 Å². The van der Waals surface area contributed by atoms with E-state index in [9.17, 15) is 14.0 Å². The minimum Gasteiger partial charge on any atom is -0.352 e. The molecule has 2 aromatic rings. The fraction of sp³-hybridized carbons (Fsp3) is 0.300. The lowest BCUT2D eigenvalue weighted by atomic mass is 10.1. The second-order valence-corrected chi connectivity index (χ2v) is 6.36. The number of benzene rings is 2.